The van der Waals surface area contributed by atoms with Crippen molar-refractivity contribution >= 4 is 34.7 Å². The van der Waals surface area contributed by atoms with Gasteiger partial charge in [-0.1, -0.05) is 36.4 Å². The molecule has 0 aromatic heterocycles. The first-order chi connectivity index (χ1) is 15.5. The predicted octanol–water partition coefficient (Wildman–Crippen LogP) is 6.04. The van der Waals surface area contributed by atoms with Crippen LogP contribution in [0.5, 0.6) is 11.5 Å². The maximum absolute atomic E-state index is 13.4. The second-order valence-corrected chi connectivity index (χ2v) is 7.90. The number of halogens is 1. The summed E-state index contributed by atoms with van der Waals surface area (Å²) in [7, 11) is 0. The SMILES string of the molecule is CCOc1cc(/C=C2\SC(=O)N(c3ccccc3)C2=O)ccc1OCc1cccc(F)c1. The maximum atomic E-state index is 13.4. The van der Waals surface area contributed by atoms with E-state index in [0.717, 1.165) is 16.7 Å². The molecule has 0 unspecified atom stereocenters. The molecule has 7 heteroatoms. The van der Waals surface area contributed by atoms with E-state index in [1.165, 1.54) is 12.1 Å². The summed E-state index contributed by atoms with van der Waals surface area (Å²) in [5.74, 6) is 0.317. The molecule has 0 bridgehead atoms. The van der Waals surface area contributed by atoms with Crippen LogP contribution in [0.1, 0.15) is 18.1 Å². The van der Waals surface area contributed by atoms with Crippen LogP contribution < -0.4 is 14.4 Å². The van der Waals surface area contributed by atoms with Gasteiger partial charge in [-0.15, -0.1) is 0 Å². The first-order valence-corrected chi connectivity index (χ1v) is 10.8. The summed E-state index contributed by atoms with van der Waals surface area (Å²) in [6.45, 7) is 2.46. The molecule has 32 heavy (non-hydrogen) atoms. The van der Waals surface area contributed by atoms with E-state index < -0.39 is 0 Å². The molecule has 1 saturated heterocycles. The number of anilines is 1. The quantitative estimate of drug-likeness (QED) is 0.411. The Hall–Kier alpha value is -3.58. The third kappa shape index (κ3) is 4.84. The monoisotopic (exact) mass is 449 g/mol. The number of imide groups is 1. The fourth-order valence-corrected chi connectivity index (χ4v) is 4.05. The minimum Gasteiger partial charge on any atom is -0.490 e. The van der Waals surface area contributed by atoms with Crippen molar-refractivity contribution in [3.05, 3.63) is 94.6 Å². The molecule has 1 aliphatic rings. The van der Waals surface area contributed by atoms with Crippen molar-refractivity contribution < 1.29 is 23.5 Å². The van der Waals surface area contributed by atoms with E-state index >= 15 is 0 Å². The number of nitrogens with zero attached hydrogens (tertiary/aromatic N) is 1. The van der Waals surface area contributed by atoms with Crippen molar-refractivity contribution in [2.24, 2.45) is 0 Å². The molecule has 2 amide bonds. The Kier molecular flexibility index (Phi) is 6.56. The minimum atomic E-state index is -0.365. The number of amides is 2. The zero-order chi connectivity index (χ0) is 22.5. The third-order valence-corrected chi connectivity index (χ3v) is 5.53. The Morgan fingerprint density at radius 3 is 2.50 bits per heavy atom. The Labute approximate surface area is 189 Å². The molecular weight excluding hydrogens is 429 g/mol. The van der Waals surface area contributed by atoms with Crippen molar-refractivity contribution in [3.8, 4) is 11.5 Å². The summed E-state index contributed by atoms with van der Waals surface area (Å²) in [6, 6.07) is 20.3. The van der Waals surface area contributed by atoms with Crippen LogP contribution in [0, 0.1) is 5.82 Å². The van der Waals surface area contributed by atoms with Crippen molar-refractivity contribution in [2.75, 3.05) is 11.5 Å². The topological polar surface area (TPSA) is 55.8 Å². The Morgan fingerprint density at radius 2 is 1.75 bits per heavy atom. The van der Waals surface area contributed by atoms with Crippen LogP contribution in [0.25, 0.3) is 6.08 Å². The fourth-order valence-electron chi connectivity index (χ4n) is 3.21. The summed E-state index contributed by atoms with van der Waals surface area (Å²) in [5, 5.41) is -0.340. The van der Waals surface area contributed by atoms with Crippen molar-refractivity contribution in [1.82, 2.24) is 0 Å². The van der Waals surface area contributed by atoms with Crippen LogP contribution in [-0.2, 0) is 11.4 Å². The lowest BCUT2D eigenvalue weighted by Crippen LogP contribution is -2.27. The normalized spacial score (nSPS) is 14.8. The second-order valence-electron chi connectivity index (χ2n) is 6.91. The van der Waals surface area contributed by atoms with Crippen LogP contribution in [0.2, 0.25) is 0 Å². The molecule has 0 atom stereocenters. The highest BCUT2D eigenvalue weighted by Crippen LogP contribution is 2.37. The molecule has 0 spiro atoms. The van der Waals surface area contributed by atoms with Gasteiger partial charge < -0.3 is 9.47 Å². The van der Waals surface area contributed by atoms with Crippen LogP contribution >= 0.6 is 11.8 Å². The van der Waals surface area contributed by atoms with E-state index in [2.05, 4.69) is 0 Å². The fraction of sp³-hybridized carbons (Fsp3) is 0.120. The highest BCUT2D eigenvalue weighted by Gasteiger charge is 2.36. The van der Waals surface area contributed by atoms with Crippen molar-refractivity contribution in [2.45, 2.75) is 13.5 Å². The Balaban J connectivity index is 1.55. The summed E-state index contributed by atoms with van der Waals surface area (Å²) < 4.78 is 24.9. The molecule has 3 aromatic carbocycles. The number of rotatable bonds is 7. The minimum absolute atomic E-state index is 0.188. The van der Waals surface area contributed by atoms with E-state index in [1.54, 1.807) is 60.7 Å². The zero-order valence-corrected chi connectivity index (χ0v) is 18.1. The van der Waals surface area contributed by atoms with E-state index in [9.17, 15) is 14.0 Å². The van der Waals surface area contributed by atoms with Gasteiger partial charge in [0.1, 0.15) is 12.4 Å². The van der Waals surface area contributed by atoms with Crippen LogP contribution in [-0.4, -0.2) is 17.8 Å². The van der Waals surface area contributed by atoms with E-state index in [1.807, 2.05) is 13.0 Å². The average Bonchev–Trinajstić information content (AvgIpc) is 3.07. The average molecular weight is 450 g/mol. The lowest BCUT2D eigenvalue weighted by atomic mass is 10.1. The number of hydrogen-bond acceptors (Lipinski definition) is 5. The number of carbonyl (C=O) groups is 2. The molecule has 0 N–H and O–H groups in total. The maximum Gasteiger partial charge on any atom is 0.298 e. The zero-order valence-electron chi connectivity index (χ0n) is 17.3. The predicted molar refractivity (Wildman–Crippen MR) is 123 cm³/mol. The standard InChI is InChI=1S/C25H20FNO4S/c1-2-30-22-14-17(11-12-21(22)31-16-18-7-6-8-19(26)13-18)15-23-24(28)27(25(29)32-23)20-9-4-3-5-10-20/h3-15H,2,16H2,1H3/b23-15-. The number of hydrogen-bond donors (Lipinski definition) is 0. The van der Waals surface area contributed by atoms with Gasteiger partial charge in [-0.05, 0) is 72.3 Å². The molecule has 4 rings (SSSR count). The van der Waals surface area contributed by atoms with E-state index in [-0.39, 0.29) is 23.6 Å². The van der Waals surface area contributed by atoms with Crippen LogP contribution in [0.15, 0.2) is 77.7 Å². The van der Waals surface area contributed by atoms with Gasteiger partial charge in [0, 0.05) is 0 Å². The molecule has 0 saturated carbocycles. The van der Waals surface area contributed by atoms with Crippen molar-refractivity contribution in [1.29, 1.82) is 0 Å². The number of carbonyl (C=O) groups excluding carboxylic acids is 2. The van der Waals surface area contributed by atoms with Crippen molar-refractivity contribution in [3.63, 3.8) is 0 Å². The summed E-state index contributed by atoms with van der Waals surface area (Å²) in [6.07, 6.45) is 1.66. The molecule has 1 fully saturated rings. The Morgan fingerprint density at radius 1 is 0.938 bits per heavy atom. The van der Waals surface area contributed by atoms with Gasteiger partial charge in [-0.3, -0.25) is 9.59 Å². The van der Waals surface area contributed by atoms with Gasteiger partial charge in [-0.2, -0.15) is 0 Å². The van der Waals surface area contributed by atoms with Gasteiger partial charge in [0.25, 0.3) is 11.1 Å². The summed E-state index contributed by atoms with van der Waals surface area (Å²) in [4.78, 5) is 26.7. The number of para-hydroxylation sites is 1. The van der Waals surface area contributed by atoms with E-state index in [0.29, 0.717) is 39.8 Å². The summed E-state index contributed by atoms with van der Waals surface area (Å²) >= 11 is 0.895. The van der Waals surface area contributed by atoms with Gasteiger partial charge in [0.05, 0.1) is 17.2 Å². The molecule has 0 radical (unpaired) electrons. The highest BCUT2D eigenvalue weighted by atomic mass is 32.2. The number of ether oxygens (including phenoxy) is 2. The molecule has 3 aromatic rings. The highest BCUT2D eigenvalue weighted by molar-refractivity contribution is 8.19. The molecule has 1 heterocycles. The molecule has 5 nitrogen and oxygen atoms in total. The van der Waals surface area contributed by atoms with Gasteiger partial charge in [-0.25, -0.2) is 9.29 Å². The molecule has 0 aliphatic carbocycles. The molecule has 162 valence electrons. The largest absolute Gasteiger partial charge is 0.490 e. The van der Waals surface area contributed by atoms with Crippen LogP contribution in [0.4, 0.5) is 14.9 Å². The first-order valence-electron chi connectivity index (χ1n) is 10.0. The van der Waals surface area contributed by atoms with Gasteiger partial charge in [0.15, 0.2) is 11.5 Å². The smallest absolute Gasteiger partial charge is 0.298 e. The lowest BCUT2D eigenvalue weighted by Gasteiger charge is -2.13. The second kappa shape index (κ2) is 9.70. The molecule has 1 aliphatic heterocycles. The van der Waals surface area contributed by atoms with Crippen LogP contribution in [0.3, 0.4) is 0 Å². The Bertz CT molecular complexity index is 1180. The van der Waals surface area contributed by atoms with E-state index in [4.69, 9.17) is 9.47 Å². The van der Waals surface area contributed by atoms with Gasteiger partial charge in [0.2, 0.25) is 0 Å². The first kappa shape index (κ1) is 21.6. The number of thioether (sulfide) groups is 1. The third-order valence-electron chi connectivity index (χ3n) is 4.66. The van der Waals surface area contributed by atoms with Gasteiger partial charge >= 0.3 is 0 Å². The number of benzene rings is 3. The summed E-state index contributed by atoms with van der Waals surface area (Å²) in [5.41, 5.74) is 1.94. The lowest BCUT2D eigenvalue weighted by molar-refractivity contribution is -0.113. The molecular formula is C25H20FNO4S.